The number of fused-ring (bicyclic) bond motifs is 1. The van der Waals surface area contributed by atoms with E-state index in [0.29, 0.717) is 17.1 Å². The van der Waals surface area contributed by atoms with Crippen molar-refractivity contribution in [3.8, 4) is 11.5 Å². The van der Waals surface area contributed by atoms with Crippen LogP contribution in [-0.4, -0.2) is 26.1 Å². The molecule has 0 spiro atoms. The number of amides is 1. The molecule has 0 aliphatic heterocycles. The highest BCUT2D eigenvalue weighted by molar-refractivity contribution is 9.10. The Hall–Kier alpha value is -3.00. The van der Waals surface area contributed by atoms with Crippen molar-refractivity contribution in [2.24, 2.45) is 0 Å². The largest absolute Gasteiger partial charge is 0.450 e. The van der Waals surface area contributed by atoms with E-state index in [1.807, 2.05) is 30.3 Å². The molecule has 8 heteroatoms. The Labute approximate surface area is 144 Å². The fraction of sp³-hybridized carbons (Fsp3) is 0. The molecule has 1 amide bonds. The average Bonchev–Trinajstić information content (AvgIpc) is 3.23. The number of pyridine rings is 1. The lowest BCUT2D eigenvalue weighted by Gasteiger charge is -1.96. The van der Waals surface area contributed by atoms with Crippen LogP contribution < -0.4 is 5.32 Å². The van der Waals surface area contributed by atoms with Crippen LogP contribution in [0.1, 0.15) is 10.6 Å². The van der Waals surface area contributed by atoms with Crippen LogP contribution >= 0.6 is 15.9 Å². The first-order valence-corrected chi connectivity index (χ1v) is 7.83. The molecule has 0 aliphatic carbocycles. The summed E-state index contributed by atoms with van der Waals surface area (Å²) in [4.78, 5) is 20.7. The van der Waals surface area contributed by atoms with Crippen molar-refractivity contribution >= 4 is 38.8 Å². The van der Waals surface area contributed by atoms with Gasteiger partial charge in [0.15, 0.2) is 11.6 Å². The maximum atomic E-state index is 12.3. The van der Waals surface area contributed by atoms with Crippen molar-refractivity contribution in [3.63, 3.8) is 0 Å². The molecule has 0 saturated carbocycles. The molecule has 0 atom stereocenters. The van der Waals surface area contributed by atoms with E-state index in [0.717, 1.165) is 9.86 Å². The Kier molecular flexibility index (Phi) is 3.58. The number of aromatic nitrogens is 4. The highest BCUT2D eigenvalue weighted by atomic mass is 79.9. The van der Waals surface area contributed by atoms with Gasteiger partial charge in [0.2, 0.25) is 5.95 Å². The molecular formula is C16H10BrN5O2. The Morgan fingerprint density at radius 2 is 2.12 bits per heavy atom. The summed E-state index contributed by atoms with van der Waals surface area (Å²) in [5, 5.41) is 10.1. The van der Waals surface area contributed by atoms with Gasteiger partial charge in [0.05, 0.1) is 4.47 Å². The number of halogens is 1. The number of rotatable bonds is 3. The third-order valence-corrected chi connectivity index (χ3v) is 3.96. The van der Waals surface area contributed by atoms with Gasteiger partial charge in [-0.15, -0.1) is 5.10 Å². The second-order valence-corrected chi connectivity index (χ2v) is 5.80. The zero-order valence-corrected chi connectivity index (χ0v) is 13.7. The minimum atomic E-state index is -0.426. The first kappa shape index (κ1) is 14.6. The van der Waals surface area contributed by atoms with Gasteiger partial charge in [0.1, 0.15) is 11.3 Å². The number of carbonyl (C=O) groups excluding carboxylic acids is 1. The first-order valence-electron chi connectivity index (χ1n) is 7.04. The smallest absolute Gasteiger partial charge is 0.293 e. The molecule has 3 aromatic heterocycles. The maximum Gasteiger partial charge on any atom is 0.293 e. The van der Waals surface area contributed by atoms with E-state index in [2.05, 4.69) is 41.4 Å². The molecule has 1 aromatic carbocycles. The van der Waals surface area contributed by atoms with Crippen LogP contribution in [0.3, 0.4) is 0 Å². The number of nitrogens with zero attached hydrogens (tertiary/aromatic N) is 3. The molecule has 0 radical (unpaired) electrons. The van der Waals surface area contributed by atoms with Crippen LogP contribution in [0.4, 0.5) is 5.95 Å². The fourth-order valence-electron chi connectivity index (χ4n) is 2.24. The Morgan fingerprint density at radius 1 is 1.21 bits per heavy atom. The lowest BCUT2D eigenvalue weighted by molar-refractivity contribution is 0.0998. The zero-order chi connectivity index (χ0) is 16.5. The standard InChI is InChI=1S/C16H10BrN5O2/c17-10-5-3-4-9-8-12(24-13(9)10)15(23)20-16-19-14(21-22-16)11-6-1-2-7-18-11/h1-8H,(H2,19,20,21,22,23). The first-order chi connectivity index (χ1) is 11.7. The third-order valence-electron chi connectivity index (χ3n) is 3.34. The molecule has 4 aromatic rings. The summed E-state index contributed by atoms with van der Waals surface area (Å²) < 4.78 is 6.37. The van der Waals surface area contributed by atoms with Gasteiger partial charge >= 0.3 is 0 Å². The van der Waals surface area contributed by atoms with Gasteiger partial charge in [0.25, 0.3) is 5.91 Å². The minimum Gasteiger partial charge on any atom is -0.450 e. The molecule has 4 rings (SSSR count). The SMILES string of the molecule is O=C(Nc1n[nH]c(-c2ccccn2)n1)c1cc2cccc(Br)c2o1. The highest BCUT2D eigenvalue weighted by Crippen LogP contribution is 2.27. The van der Waals surface area contributed by atoms with Crippen LogP contribution in [0.25, 0.3) is 22.5 Å². The van der Waals surface area contributed by atoms with Gasteiger partial charge in [0, 0.05) is 11.6 Å². The number of nitrogens with one attached hydrogen (secondary N) is 2. The molecule has 24 heavy (non-hydrogen) atoms. The van der Waals surface area contributed by atoms with E-state index in [1.54, 1.807) is 18.3 Å². The Balaban J connectivity index is 1.57. The van der Waals surface area contributed by atoms with Gasteiger partial charge < -0.3 is 4.42 Å². The van der Waals surface area contributed by atoms with Crippen LogP contribution in [-0.2, 0) is 0 Å². The second-order valence-electron chi connectivity index (χ2n) is 4.95. The summed E-state index contributed by atoms with van der Waals surface area (Å²) in [7, 11) is 0. The monoisotopic (exact) mass is 383 g/mol. The molecule has 7 nitrogen and oxygen atoms in total. The summed E-state index contributed by atoms with van der Waals surface area (Å²) >= 11 is 3.39. The second kappa shape index (κ2) is 5.89. The molecule has 0 unspecified atom stereocenters. The van der Waals surface area contributed by atoms with E-state index in [9.17, 15) is 4.79 Å². The van der Waals surface area contributed by atoms with Crippen molar-refractivity contribution in [2.75, 3.05) is 5.32 Å². The topological polar surface area (TPSA) is 96.7 Å². The number of benzene rings is 1. The summed E-state index contributed by atoms with van der Waals surface area (Å²) in [6, 6.07) is 12.7. The predicted molar refractivity (Wildman–Crippen MR) is 91.5 cm³/mol. The number of hydrogen-bond acceptors (Lipinski definition) is 5. The van der Waals surface area contributed by atoms with Gasteiger partial charge in [-0.25, -0.2) is 0 Å². The van der Waals surface area contributed by atoms with E-state index in [-0.39, 0.29) is 11.7 Å². The number of carbonyl (C=O) groups is 1. The predicted octanol–water partition coefficient (Wildman–Crippen LogP) is 3.63. The summed E-state index contributed by atoms with van der Waals surface area (Å²) in [6.07, 6.45) is 1.66. The van der Waals surface area contributed by atoms with Crippen LogP contribution in [0.15, 0.2) is 57.6 Å². The molecule has 118 valence electrons. The Bertz CT molecular complexity index is 1030. The molecular weight excluding hydrogens is 374 g/mol. The van der Waals surface area contributed by atoms with Gasteiger partial charge in [-0.3, -0.25) is 20.2 Å². The van der Waals surface area contributed by atoms with Crippen molar-refractivity contribution < 1.29 is 9.21 Å². The maximum absolute atomic E-state index is 12.3. The lowest BCUT2D eigenvalue weighted by atomic mass is 10.2. The van der Waals surface area contributed by atoms with E-state index in [4.69, 9.17) is 4.42 Å². The number of hydrogen-bond donors (Lipinski definition) is 2. The number of aromatic amines is 1. The normalized spacial score (nSPS) is 10.9. The van der Waals surface area contributed by atoms with Crippen LogP contribution in [0.5, 0.6) is 0 Å². The van der Waals surface area contributed by atoms with Crippen LogP contribution in [0.2, 0.25) is 0 Å². The Morgan fingerprint density at radius 3 is 2.92 bits per heavy atom. The van der Waals surface area contributed by atoms with Crippen molar-refractivity contribution in [3.05, 3.63) is 58.9 Å². The summed E-state index contributed by atoms with van der Waals surface area (Å²) in [6.45, 7) is 0. The molecule has 2 N–H and O–H groups in total. The van der Waals surface area contributed by atoms with E-state index in [1.165, 1.54) is 0 Å². The minimum absolute atomic E-state index is 0.153. The summed E-state index contributed by atoms with van der Waals surface area (Å²) in [5.41, 5.74) is 1.25. The van der Waals surface area contributed by atoms with E-state index >= 15 is 0 Å². The van der Waals surface area contributed by atoms with Gasteiger partial charge in [-0.05, 0) is 40.2 Å². The van der Waals surface area contributed by atoms with Crippen molar-refractivity contribution in [2.45, 2.75) is 0 Å². The number of H-pyrrole nitrogens is 1. The van der Waals surface area contributed by atoms with Crippen molar-refractivity contribution in [1.82, 2.24) is 20.2 Å². The lowest BCUT2D eigenvalue weighted by Crippen LogP contribution is -2.11. The zero-order valence-electron chi connectivity index (χ0n) is 12.2. The van der Waals surface area contributed by atoms with Crippen molar-refractivity contribution in [1.29, 1.82) is 0 Å². The number of anilines is 1. The van der Waals surface area contributed by atoms with Gasteiger partial charge in [-0.2, -0.15) is 4.98 Å². The molecule has 0 bridgehead atoms. The molecule has 0 aliphatic rings. The average molecular weight is 384 g/mol. The number of furan rings is 1. The van der Waals surface area contributed by atoms with Gasteiger partial charge in [-0.1, -0.05) is 18.2 Å². The molecule has 0 fully saturated rings. The van der Waals surface area contributed by atoms with E-state index < -0.39 is 5.91 Å². The van der Waals surface area contributed by atoms with Crippen LogP contribution in [0, 0.1) is 0 Å². The fourth-order valence-corrected chi connectivity index (χ4v) is 2.70. The number of para-hydroxylation sites is 1. The third kappa shape index (κ3) is 2.67. The highest BCUT2D eigenvalue weighted by Gasteiger charge is 2.16. The summed E-state index contributed by atoms with van der Waals surface area (Å²) in [5.74, 6) is 0.379. The molecule has 0 saturated heterocycles. The molecule has 3 heterocycles. The quantitative estimate of drug-likeness (QED) is 0.562.